The maximum absolute atomic E-state index is 12.8. The lowest BCUT2D eigenvalue weighted by Gasteiger charge is -2.28. The van der Waals surface area contributed by atoms with Gasteiger partial charge in [0.25, 0.3) is 5.91 Å². The van der Waals surface area contributed by atoms with Crippen LogP contribution in [0.25, 0.3) is 0 Å². The molecule has 0 spiro atoms. The monoisotopic (exact) mass is 498 g/mol. The summed E-state index contributed by atoms with van der Waals surface area (Å²) in [5.41, 5.74) is 0.862. The Balaban J connectivity index is 1.80. The van der Waals surface area contributed by atoms with Gasteiger partial charge in [-0.25, -0.2) is 8.42 Å². The van der Waals surface area contributed by atoms with Gasteiger partial charge >= 0.3 is 0 Å². The Morgan fingerprint density at radius 3 is 2.73 bits per heavy atom. The van der Waals surface area contributed by atoms with Crippen LogP contribution in [0.3, 0.4) is 0 Å². The van der Waals surface area contributed by atoms with Gasteiger partial charge < -0.3 is 14.8 Å². The number of amides is 1. The molecule has 1 aromatic rings. The molecular formula is C24H38N2O5S2. The van der Waals surface area contributed by atoms with Gasteiger partial charge in [-0.05, 0) is 68.4 Å². The van der Waals surface area contributed by atoms with Crippen LogP contribution in [-0.2, 0) is 14.8 Å². The van der Waals surface area contributed by atoms with Crippen molar-refractivity contribution in [2.45, 2.75) is 45.4 Å². The minimum atomic E-state index is -3.54. The van der Waals surface area contributed by atoms with E-state index in [0.717, 1.165) is 51.7 Å². The summed E-state index contributed by atoms with van der Waals surface area (Å²) in [6.07, 6.45) is 7.43. The van der Waals surface area contributed by atoms with Crippen molar-refractivity contribution < 1.29 is 22.7 Å². The number of nitrogens with one attached hydrogen (secondary N) is 1. The Bertz CT molecular complexity index is 881. The summed E-state index contributed by atoms with van der Waals surface area (Å²) in [4.78, 5) is 12.7. The number of carbonyl (C=O) groups excluding carboxylic acids is 1. The predicted octanol–water partition coefficient (Wildman–Crippen LogP) is 3.74. The second-order valence-corrected chi connectivity index (χ2v) is 11.7. The van der Waals surface area contributed by atoms with E-state index in [1.165, 1.54) is 10.6 Å². The van der Waals surface area contributed by atoms with Crippen LogP contribution in [0.15, 0.2) is 18.2 Å². The van der Waals surface area contributed by atoms with Crippen LogP contribution in [0.5, 0.6) is 5.75 Å². The third-order valence-electron chi connectivity index (χ3n) is 6.51. The molecule has 1 heterocycles. The van der Waals surface area contributed by atoms with Crippen LogP contribution in [0.2, 0.25) is 0 Å². The highest BCUT2D eigenvalue weighted by molar-refractivity contribution is 7.92. The quantitative estimate of drug-likeness (QED) is 0.429. The molecule has 0 bridgehead atoms. The van der Waals surface area contributed by atoms with Gasteiger partial charge in [0.2, 0.25) is 10.0 Å². The normalized spacial score (nSPS) is 20.0. The number of thiol groups is 1. The fourth-order valence-electron chi connectivity index (χ4n) is 4.25. The molecule has 3 rings (SSSR count). The SMILES string of the molecule is CC(CCN(c1cc(OCC2CC2)cc(C(=O)NCCS)c1)S(C)(=O)=O)C1CCCOCC1. The van der Waals surface area contributed by atoms with E-state index in [1.54, 1.807) is 18.2 Å². The van der Waals surface area contributed by atoms with Gasteiger partial charge in [-0.15, -0.1) is 0 Å². The van der Waals surface area contributed by atoms with E-state index < -0.39 is 10.0 Å². The zero-order chi connectivity index (χ0) is 23.8. The van der Waals surface area contributed by atoms with Crippen molar-refractivity contribution in [3.05, 3.63) is 23.8 Å². The summed E-state index contributed by atoms with van der Waals surface area (Å²) >= 11 is 4.14. The highest BCUT2D eigenvalue weighted by Crippen LogP contribution is 2.32. The maximum atomic E-state index is 12.8. The van der Waals surface area contributed by atoms with Gasteiger partial charge in [-0.1, -0.05) is 6.92 Å². The Labute approximate surface area is 204 Å². The van der Waals surface area contributed by atoms with Crippen molar-refractivity contribution in [3.63, 3.8) is 0 Å². The summed E-state index contributed by atoms with van der Waals surface area (Å²) in [5.74, 6) is 2.25. The van der Waals surface area contributed by atoms with Crippen LogP contribution in [0.1, 0.15) is 55.8 Å². The largest absolute Gasteiger partial charge is 0.493 e. The summed E-state index contributed by atoms with van der Waals surface area (Å²) in [6.45, 7) is 5.16. The number of anilines is 1. The number of benzene rings is 1. The van der Waals surface area contributed by atoms with Gasteiger partial charge in [-0.3, -0.25) is 9.10 Å². The van der Waals surface area contributed by atoms with Crippen LogP contribution in [0.4, 0.5) is 5.69 Å². The van der Waals surface area contributed by atoms with Crippen LogP contribution < -0.4 is 14.4 Å². The number of hydrogen-bond acceptors (Lipinski definition) is 6. The summed E-state index contributed by atoms with van der Waals surface area (Å²) in [7, 11) is -3.54. The molecule has 186 valence electrons. The number of carbonyl (C=O) groups is 1. The Morgan fingerprint density at radius 2 is 2.03 bits per heavy atom. The molecule has 1 aromatic carbocycles. The summed E-state index contributed by atoms with van der Waals surface area (Å²) < 4.78 is 38.5. The zero-order valence-corrected chi connectivity index (χ0v) is 21.5. The van der Waals surface area contributed by atoms with Crippen molar-refractivity contribution in [2.24, 2.45) is 17.8 Å². The van der Waals surface area contributed by atoms with Crippen molar-refractivity contribution in [2.75, 3.05) is 49.2 Å². The molecule has 2 unspecified atom stereocenters. The molecule has 1 aliphatic carbocycles. The van der Waals surface area contributed by atoms with Gasteiger partial charge in [-0.2, -0.15) is 12.6 Å². The van der Waals surface area contributed by atoms with Crippen molar-refractivity contribution in [1.29, 1.82) is 0 Å². The molecule has 0 aromatic heterocycles. The molecule has 1 aliphatic heterocycles. The molecule has 33 heavy (non-hydrogen) atoms. The third kappa shape index (κ3) is 8.37. The van der Waals surface area contributed by atoms with E-state index in [9.17, 15) is 13.2 Å². The molecule has 1 saturated carbocycles. The zero-order valence-electron chi connectivity index (χ0n) is 19.8. The van der Waals surface area contributed by atoms with Crippen LogP contribution in [-0.4, -0.2) is 59.2 Å². The number of ether oxygens (including phenoxy) is 2. The Morgan fingerprint density at radius 1 is 1.24 bits per heavy atom. The van der Waals surface area contributed by atoms with E-state index in [0.29, 0.717) is 60.2 Å². The van der Waals surface area contributed by atoms with Gasteiger partial charge in [0.1, 0.15) is 5.75 Å². The van der Waals surface area contributed by atoms with E-state index in [4.69, 9.17) is 9.47 Å². The second-order valence-electron chi connectivity index (χ2n) is 9.35. The first-order valence-electron chi connectivity index (χ1n) is 12.0. The number of rotatable bonds is 12. The lowest BCUT2D eigenvalue weighted by atomic mass is 9.85. The highest BCUT2D eigenvalue weighted by Gasteiger charge is 2.25. The molecule has 2 fully saturated rings. The average molecular weight is 499 g/mol. The Hall–Kier alpha value is -1.45. The van der Waals surface area contributed by atoms with Crippen molar-refractivity contribution in [3.8, 4) is 5.75 Å². The molecular weight excluding hydrogens is 460 g/mol. The lowest BCUT2D eigenvalue weighted by Crippen LogP contribution is -2.33. The molecule has 1 saturated heterocycles. The topological polar surface area (TPSA) is 84.9 Å². The van der Waals surface area contributed by atoms with E-state index in [1.807, 2.05) is 0 Å². The summed E-state index contributed by atoms with van der Waals surface area (Å²) in [5, 5.41) is 2.81. The minimum absolute atomic E-state index is 0.262. The number of nitrogens with zero attached hydrogens (tertiary/aromatic N) is 1. The Kier molecular flexibility index (Phi) is 9.76. The van der Waals surface area contributed by atoms with Crippen molar-refractivity contribution >= 4 is 34.2 Å². The highest BCUT2D eigenvalue weighted by atomic mass is 32.2. The first kappa shape index (κ1) is 26.2. The smallest absolute Gasteiger partial charge is 0.251 e. The lowest BCUT2D eigenvalue weighted by molar-refractivity contribution is 0.0955. The first-order valence-corrected chi connectivity index (χ1v) is 14.5. The van der Waals surface area contributed by atoms with Gasteiger partial charge in [0.05, 0.1) is 18.6 Å². The minimum Gasteiger partial charge on any atom is -0.493 e. The number of hydrogen-bond donors (Lipinski definition) is 2. The van der Waals surface area contributed by atoms with Gasteiger partial charge in [0, 0.05) is 43.7 Å². The number of sulfonamides is 1. The predicted molar refractivity (Wildman–Crippen MR) is 135 cm³/mol. The maximum Gasteiger partial charge on any atom is 0.251 e. The van der Waals surface area contributed by atoms with Crippen LogP contribution >= 0.6 is 12.6 Å². The van der Waals surface area contributed by atoms with Crippen LogP contribution in [0, 0.1) is 17.8 Å². The first-order chi connectivity index (χ1) is 15.8. The molecule has 2 atom stereocenters. The molecule has 1 N–H and O–H groups in total. The van der Waals surface area contributed by atoms with Gasteiger partial charge in [0.15, 0.2) is 0 Å². The second kappa shape index (κ2) is 12.3. The molecule has 9 heteroatoms. The summed E-state index contributed by atoms with van der Waals surface area (Å²) in [6, 6.07) is 5.07. The van der Waals surface area contributed by atoms with E-state index in [2.05, 4.69) is 24.9 Å². The molecule has 1 amide bonds. The molecule has 0 radical (unpaired) electrons. The molecule has 7 nitrogen and oxygen atoms in total. The molecule has 2 aliphatic rings. The standard InChI is InChI=1S/C24H38N2O5S2/c1-18(20-4-3-11-30-12-8-20)7-10-26(33(2,28)29)22-14-21(24(27)25-9-13-32)15-23(16-22)31-17-19-5-6-19/h14-16,18-20,32H,3-13,17H2,1-2H3,(H,25,27). The third-order valence-corrected chi connectivity index (χ3v) is 7.93. The van der Waals surface area contributed by atoms with E-state index >= 15 is 0 Å². The van der Waals surface area contributed by atoms with E-state index in [-0.39, 0.29) is 5.91 Å². The fourth-order valence-corrected chi connectivity index (χ4v) is 5.29. The van der Waals surface area contributed by atoms with Crippen molar-refractivity contribution in [1.82, 2.24) is 5.32 Å². The average Bonchev–Trinajstić information content (AvgIpc) is 3.62. The fraction of sp³-hybridized carbons (Fsp3) is 0.708.